The van der Waals surface area contributed by atoms with E-state index < -0.39 is 0 Å². The summed E-state index contributed by atoms with van der Waals surface area (Å²) >= 11 is 0. The molecule has 0 aliphatic heterocycles. The first-order valence-corrected chi connectivity index (χ1v) is 9.14. The number of hydrogen-bond acceptors (Lipinski definition) is 4. The Morgan fingerprint density at radius 3 is 2.22 bits per heavy atom. The van der Waals surface area contributed by atoms with E-state index in [2.05, 4.69) is 57.3 Å². The van der Waals surface area contributed by atoms with Gasteiger partial charge in [-0.3, -0.25) is 4.99 Å². The van der Waals surface area contributed by atoms with Crippen LogP contribution in [0.15, 0.2) is 53.5 Å². The van der Waals surface area contributed by atoms with Crippen LogP contribution in [0, 0.1) is 0 Å². The molecule has 6 heteroatoms. The zero-order valence-electron chi connectivity index (χ0n) is 16.4. The van der Waals surface area contributed by atoms with Crippen molar-refractivity contribution in [1.82, 2.24) is 10.6 Å². The predicted molar refractivity (Wildman–Crippen MR) is 112 cm³/mol. The van der Waals surface area contributed by atoms with Gasteiger partial charge in [0.25, 0.3) is 0 Å². The molecule has 146 valence electrons. The Bertz CT molecular complexity index is 684. The topological polar surface area (TPSA) is 66.9 Å². The lowest BCUT2D eigenvalue weighted by atomic mass is 10.1. The maximum absolute atomic E-state index is 5.18. The molecule has 0 fully saturated rings. The molecule has 6 nitrogen and oxygen atoms in total. The van der Waals surface area contributed by atoms with Crippen molar-refractivity contribution in [2.24, 2.45) is 4.99 Å². The number of benzene rings is 2. The van der Waals surface area contributed by atoms with Crippen LogP contribution in [0.2, 0.25) is 0 Å². The monoisotopic (exact) mass is 370 g/mol. The summed E-state index contributed by atoms with van der Waals surface area (Å²) in [6.07, 6.45) is 0.923. The molecular formula is C21H30N4O2. The highest BCUT2D eigenvalue weighted by molar-refractivity contribution is 5.79. The standard InChI is InChI=1S/C21H30N4O2/c1-22-21(24-13-12-17-6-10-20(27-3)11-7-17)25-16-18-4-8-19(9-5-18)23-14-15-26-2/h4-11,23H,12-16H2,1-3H3,(H2,22,24,25). The molecular weight excluding hydrogens is 340 g/mol. The second kappa shape index (κ2) is 11.8. The van der Waals surface area contributed by atoms with Crippen LogP contribution in [0.3, 0.4) is 0 Å². The fourth-order valence-electron chi connectivity index (χ4n) is 2.56. The van der Waals surface area contributed by atoms with Crippen molar-refractivity contribution in [3.05, 3.63) is 59.7 Å². The molecule has 0 bridgehead atoms. The molecule has 0 heterocycles. The van der Waals surface area contributed by atoms with Gasteiger partial charge in [0.05, 0.1) is 13.7 Å². The lowest BCUT2D eigenvalue weighted by molar-refractivity contribution is 0.211. The molecule has 0 radical (unpaired) electrons. The highest BCUT2D eigenvalue weighted by Gasteiger charge is 2.00. The highest BCUT2D eigenvalue weighted by Crippen LogP contribution is 2.11. The lowest BCUT2D eigenvalue weighted by Gasteiger charge is -2.13. The zero-order chi connectivity index (χ0) is 19.3. The maximum Gasteiger partial charge on any atom is 0.191 e. The highest BCUT2D eigenvalue weighted by atomic mass is 16.5. The molecule has 2 aromatic carbocycles. The minimum Gasteiger partial charge on any atom is -0.497 e. The zero-order valence-corrected chi connectivity index (χ0v) is 16.4. The van der Waals surface area contributed by atoms with Gasteiger partial charge in [-0.05, 0) is 41.8 Å². The van der Waals surface area contributed by atoms with Crippen LogP contribution in [0.4, 0.5) is 5.69 Å². The second-order valence-corrected chi connectivity index (χ2v) is 6.07. The van der Waals surface area contributed by atoms with Crippen LogP contribution >= 0.6 is 0 Å². The van der Waals surface area contributed by atoms with E-state index in [-0.39, 0.29) is 0 Å². The quantitative estimate of drug-likeness (QED) is 0.341. The fourth-order valence-corrected chi connectivity index (χ4v) is 2.56. The number of aliphatic imine (C=N–C) groups is 1. The first-order valence-electron chi connectivity index (χ1n) is 9.14. The van der Waals surface area contributed by atoms with Gasteiger partial charge in [0.15, 0.2) is 5.96 Å². The van der Waals surface area contributed by atoms with Crippen LogP contribution in [-0.2, 0) is 17.7 Å². The number of rotatable bonds is 10. The summed E-state index contributed by atoms with van der Waals surface area (Å²) in [5.74, 6) is 1.68. The molecule has 0 amide bonds. The Hall–Kier alpha value is -2.73. The molecule has 0 atom stereocenters. The van der Waals surface area contributed by atoms with E-state index in [1.807, 2.05) is 12.1 Å². The maximum atomic E-state index is 5.18. The van der Waals surface area contributed by atoms with Crippen LogP contribution in [0.1, 0.15) is 11.1 Å². The Balaban J connectivity index is 1.71. The van der Waals surface area contributed by atoms with Gasteiger partial charge in [0.2, 0.25) is 0 Å². The Morgan fingerprint density at radius 2 is 1.59 bits per heavy atom. The second-order valence-electron chi connectivity index (χ2n) is 6.07. The van der Waals surface area contributed by atoms with Gasteiger partial charge in [0.1, 0.15) is 5.75 Å². The molecule has 2 aromatic rings. The molecule has 0 unspecified atom stereocenters. The molecule has 0 spiro atoms. The van der Waals surface area contributed by atoms with Gasteiger partial charge in [-0.15, -0.1) is 0 Å². The van der Waals surface area contributed by atoms with Crippen molar-refractivity contribution in [2.75, 3.05) is 46.3 Å². The SMILES string of the molecule is CN=C(NCCc1ccc(OC)cc1)NCc1ccc(NCCOC)cc1. The van der Waals surface area contributed by atoms with Gasteiger partial charge in [0, 0.05) is 39.5 Å². The Kier molecular flexibility index (Phi) is 9.00. The van der Waals surface area contributed by atoms with E-state index in [4.69, 9.17) is 9.47 Å². The summed E-state index contributed by atoms with van der Waals surface area (Å²) in [7, 11) is 5.16. The van der Waals surface area contributed by atoms with Crippen molar-refractivity contribution in [2.45, 2.75) is 13.0 Å². The summed E-state index contributed by atoms with van der Waals surface area (Å²) in [6, 6.07) is 16.5. The van der Waals surface area contributed by atoms with Crippen molar-refractivity contribution >= 4 is 11.6 Å². The number of guanidine groups is 1. The van der Waals surface area contributed by atoms with E-state index >= 15 is 0 Å². The first kappa shape index (κ1) is 20.6. The van der Waals surface area contributed by atoms with Gasteiger partial charge in [-0.2, -0.15) is 0 Å². The third-order valence-electron chi connectivity index (χ3n) is 4.14. The molecule has 27 heavy (non-hydrogen) atoms. The summed E-state index contributed by atoms with van der Waals surface area (Å²) < 4.78 is 10.2. The van der Waals surface area contributed by atoms with E-state index in [0.29, 0.717) is 6.61 Å². The lowest BCUT2D eigenvalue weighted by Crippen LogP contribution is -2.37. The van der Waals surface area contributed by atoms with E-state index in [1.54, 1.807) is 21.3 Å². The smallest absolute Gasteiger partial charge is 0.191 e. The number of nitrogens with one attached hydrogen (secondary N) is 3. The van der Waals surface area contributed by atoms with Crippen LogP contribution < -0.4 is 20.7 Å². The largest absolute Gasteiger partial charge is 0.497 e. The van der Waals surface area contributed by atoms with Gasteiger partial charge < -0.3 is 25.4 Å². The average Bonchev–Trinajstić information content (AvgIpc) is 2.72. The van der Waals surface area contributed by atoms with Crippen LogP contribution in [-0.4, -0.2) is 46.9 Å². The minimum absolute atomic E-state index is 0.696. The number of hydrogen-bond donors (Lipinski definition) is 3. The van der Waals surface area contributed by atoms with Crippen molar-refractivity contribution in [3.63, 3.8) is 0 Å². The molecule has 0 aliphatic carbocycles. The number of nitrogens with zero attached hydrogens (tertiary/aromatic N) is 1. The summed E-state index contributed by atoms with van der Waals surface area (Å²) in [4.78, 5) is 4.28. The predicted octanol–water partition coefficient (Wildman–Crippen LogP) is 2.66. The Labute approximate surface area is 162 Å². The number of anilines is 1. The average molecular weight is 370 g/mol. The minimum atomic E-state index is 0.696. The van der Waals surface area contributed by atoms with Crippen molar-refractivity contribution < 1.29 is 9.47 Å². The van der Waals surface area contributed by atoms with Crippen LogP contribution in [0.5, 0.6) is 5.75 Å². The fraction of sp³-hybridized carbons (Fsp3) is 0.381. The summed E-state index contributed by atoms with van der Waals surface area (Å²) in [5, 5.41) is 9.99. The number of methoxy groups -OCH3 is 2. The van der Waals surface area contributed by atoms with E-state index in [0.717, 1.165) is 43.5 Å². The van der Waals surface area contributed by atoms with Gasteiger partial charge in [-0.25, -0.2) is 0 Å². The van der Waals surface area contributed by atoms with Crippen molar-refractivity contribution in [1.29, 1.82) is 0 Å². The third-order valence-corrected chi connectivity index (χ3v) is 4.14. The molecule has 2 rings (SSSR count). The third kappa shape index (κ3) is 7.58. The van der Waals surface area contributed by atoms with Gasteiger partial charge >= 0.3 is 0 Å². The molecule has 0 saturated heterocycles. The Morgan fingerprint density at radius 1 is 0.889 bits per heavy atom. The van der Waals surface area contributed by atoms with Gasteiger partial charge in [-0.1, -0.05) is 24.3 Å². The molecule has 0 saturated carbocycles. The molecule has 0 aromatic heterocycles. The molecule has 3 N–H and O–H groups in total. The summed E-state index contributed by atoms with van der Waals surface area (Å²) in [6.45, 7) is 3.04. The van der Waals surface area contributed by atoms with E-state index in [1.165, 1.54) is 11.1 Å². The molecule has 0 aliphatic rings. The van der Waals surface area contributed by atoms with Crippen molar-refractivity contribution in [3.8, 4) is 5.75 Å². The van der Waals surface area contributed by atoms with Crippen LogP contribution in [0.25, 0.3) is 0 Å². The summed E-state index contributed by atoms with van der Waals surface area (Å²) in [5.41, 5.74) is 3.55. The first-order chi connectivity index (χ1) is 13.2. The van der Waals surface area contributed by atoms with E-state index in [9.17, 15) is 0 Å². The number of ether oxygens (including phenoxy) is 2. The normalized spacial score (nSPS) is 11.1.